The van der Waals surface area contributed by atoms with E-state index in [1.807, 2.05) is 56.6 Å². The maximum absolute atomic E-state index is 12.2. The Morgan fingerprint density at radius 1 is 1.16 bits per heavy atom. The number of aryl methyl sites for hydroxylation is 1. The zero-order valence-electron chi connectivity index (χ0n) is 18.3. The largest absolute Gasteiger partial charge is 0.490 e. The van der Waals surface area contributed by atoms with Crippen molar-refractivity contribution < 1.29 is 17.9 Å². The molecule has 1 saturated carbocycles. The third-order valence-corrected chi connectivity index (χ3v) is 8.42. The summed E-state index contributed by atoms with van der Waals surface area (Å²) in [7, 11) is -1.32. The lowest BCUT2D eigenvalue weighted by atomic mass is 10.0. The Morgan fingerprint density at radius 3 is 2.59 bits per heavy atom. The van der Waals surface area contributed by atoms with Crippen LogP contribution in [0.5, 0.6) is 5.75 Å². The first-order valence-corrected chi connectivity index (χ1v) is 12.7. The highest BCUT2D eigenvalue weighted by atomic mass is 32.2. The number of ether oxygens (including phenoxy) is 1. The van der Waals surface area contributed by atoms with Crippen molar-refractivity contribution in [2.24, 2.45) is 13.0 Å². The van der Waals surface area contributed by atoms with Crippen LogP contribution in [0.15, 0.2) is 42.6 Å². The summed E-state index contributed by atoms with van der Waals surface area (Å²) in [6.07, 6.45) is 4.63. The lowest BCUT2D eigenvalue weighted by Crippen LogP contribution is -2.24. The molecule has 5 rings (SSSR count). The van der Waals surface area contributed by atoms with Crippen LogP contribution in [0.4, 0.5) is 5.69 Å². The molecule has 2 aromatic carbocycles. The summed E-state index contributed by atoms with van der Waals surface area (Å²) in [5.74, 6) is 1.50. The van der Waals surface area contributed by atoms with Crippen LogP contribution in [0.2, 0.25) is 0 Å². The van der Waals surface area contributed by atoms with Gasteiger partial charge in [-0.15, -0.1) is 0 Å². The highest BCUT2D eigenvalue weighted by molar-refractivity contribution is 7.93. The number of Topliss-reactive ketones (excluding diaryl/α,β-unsaturated/α-hetero) is 1. The number of anilines is 1. The molecular formula is C24H27N3O4S. The van der Waals surface area contributed by atoms with Crippen molar-refractivity contribution in [3.8, 4) is 16.9 Å². The first-order chi connectivity index (χ1) is 15.3. The van der Waals surface area contributed by atoms with Crippen molar-refractivity contribution in [2.45, 2.75) is 38.7 Å². The fourth-order valence-electron chi connectivity index (χ4n) is 4.76. The van der Waals surface area contributed by atoms with E-state index >= 15 is 0 Å². The first-order valence-electron chi connectivity index (χ1n) is 11.1. The Bertz CT molecular complexity index is 1280. The second-order valence-electron chi connectivity index (χ2n) is 8.86. The van der Waals surface area contributed by atoms with E-state index in [0.717, 1.165) is 34.2 Å². The molecule has 3 aromatic rings. The minimum atomic E-state index is -3.20. The Morgan fingerprint density at radius 2 is 1.94 bits per heavy atom. The SMILES string of the molecule is C[C@@H](Oc1cc(-c2ccc(N3CCCS3(=O)=O)cc2)cc2nn(C)cc12)[C@H]1CCC(=O)C1. The minimum absolute atomic E-state index is 0.0668. The Labute approximate surface area is 188 Å². The lowest BCUT2D eigenvalue weighted by Gasteiger charge is -2.21. The molecule has 2 heterocycles. The van der Waals surface area contributed by atoms with Gasteiger partial charge in [-0.05, 0) is 55.2 Å². The third-order valence-electron chi connectivity index (χ3n) is 6.55. The number of hydrogen-bond acceptors (Lipinski definition) is 5. The molecule has 0 unspecified atom stereocenters. The van der Waals surface area contributed by atoms with E-state index in [2.05, 4.69) is 5.10 Å². The van der Waals surface area contributed by atoms with Crippen LogP contribution >= 0.6 is 0 Å². The van der Waals surface area contributed by atoms with E-state index in [-0.39, 0.29) is 17.8 Å². The fourth-order valence-corrected chi connectivity index (χ4v) is 6.33. The average molecular weight is 454 g/mol. The van der Waals surface area contributed by atoms with Crippen LogP contribution < -0.4 is 9.04 Å². The summed E-state index contributed by atoms with van der Waals surface area (Å²) >= 11 is 0. The molecule has 0 N–H and O–H groups in total. The molecule has 2 fully saturated rings. The second-order valence-corrected chi connectivity index (χ2v) is 10.9. The van der Waals surface area contributed by atoms with Gasteiger partial charge in [-0.1, -0.05) is 12.1 Å². The predicted molar refractivity (Wildman–Crippen MR) is 124 cm³/mol. The van der Waals surface area contributed by atoms with Crippen LogP contribution in [0.3, 0.4) is 0 Å². The highest BCUT2D eigenvalue weighted by Crippen LogP contribution is 2.36. The predicted octanol–water partition coefficient (Wildman–Crippen LogP) is 3.92. The molecule has 168 valence electrons. The summed E-state index contributed by atoms with van der Waals surface area (Å²) in [4.78, 5) is 11.7. The maximum Gasteiger partial charge on any atom is 0.235 e. The summed E-state index contributed by atoms with van der Waals surface area (Å²) in [5.41, 5.74) is 3.45. The third kappa shape index (κ3) is 3.88. The second kappa shape index (κ2) is 7.92. The Balaban J connectivity index is 1.47. The molecule has 1 aliphatic carbocycles. The van der Waals surface area contributed by atoms with Crippen LogP contribution in [-0.4, -0.2) is 42.4 Å². The topological polar surface area (TPSA) is 81.5 Å². The number of hydrogen-bond donors (Lipinski definition) is 0. The van der Waals surface area contributed by atoms with Crippen LogP contribution in [0.1, 0.15) is 32.6 Å². The normalized spacial score (nSPS) is 21.4. The summed E-state index contributed by atoms with van der Waals surface area (Å²) in [6.45, 7) is 2.56. The minimum Gasteiger partial charge on any atom is -0.490 e. The number of benzene rings is 2. The van der Waals surface area contributed by atoms with Crippen molar-refractivity contribution in [3.05, 3.63) is 42.6 Å². The van der Waals surface area contributed by atoms with E-state index in [1.165, 1.54) is 4.31 Å². The molecule has 32 heavy (non-hydrogen) atoms. The van der Waals surface area contributed by atoms with Gasteiger partial charge in [0, 0.05) is 38.5 Å². The molecule has 2 atom stereocenters. The molecule has 0 radical (unpaired) electrons. The monoisotopic (exact) mass is 453 g/mol. The molecular weight excluding hydrogens is 426 g/mol. The van der Waals surface area contributed by atoms with Gasteiger partial charge in [0.05, 0.1) is 28.4 Å². The standard InChI is InChI=1S/C24H27N3O4S/c1-16(18-6-9-21(28)12-18)31-24-14-19(13-23-22(24)15-26(2)25-23)17-4-7-20(8-5-17)27-10-3-11-32(27,29)30/h4-5,7-8,13-16,18H,3,6,9-12H2,1-2H3/t16-,18+/m1/s1. The Kier molecular flexibility index (Phi) is 5.20. The number of nitrogens with zero attached hydrogens (tertiary/aromatic N) is 3. The van der Waals surface area contributed by atoms with Gasteiger partial charge < -0.3 is 4.74 Å². The van der Waals surface area contributed by atoms with Gasteiger partial charge in [0.1, 0.15) is 11.5 Å². The van der Waals surface area contributed by atoms with Crippen molar-refractivity contribution in [1.82, 2.24) is 9.78 Å². The highest BCUT2D eigenvalue weighted by Gasteiger charge is 2.29. The number of fused-ring (bicyclic) bond motifs is 1. The van der Waals surface area contributed by atoms with E-state index in [4.69, 9.17) is 4.74 Å². The van der Waals surface area contributed by atoms with Gasteiger partial charge in [0.2, 0.25) is 10.0 Å². The van der Waals surface area contributed by atoms with Crippen LogP contribution in [0, 0.1) is 5.92 Å². The molecule has 0 amide bonds. The smallest absolute Gasteiger partial charge is 0.235 e. The van der Waals surface area contributed by atoms with Gasteiger partial charge in [0.25, 0.3) is 0 Å². The molecule has 1 aliphatic heterocycles. The van der Waals surface area contributed by atoms with Crippen molar-refractivity contribution in [1.29, 1.82) is 0 Å². The number of sulfonamides is 1. The van der Waals surface area contributed by atoms with Crippen LogP contribution in [0.25, 0.3) is 22.0 Å². The average Bonchev–Trinajstić information content (AvgIpc) is 3.45. The molecule has 0 spiro atoms. The van der Waals surface area contributed by atoms with Gasteiger partial charge in [-0.3, -0.25) is 13.8 Å². The van der Waals surface area contributed by atoms with Gasteiger partial charge in [0.15, 0.2) is 0 Å². The van der Waals surface area contributed by atoms with E-state index < -0.39 is 10.0 Å². The quantitative estimate of drug-likeness (QED) is 0.585. The van der Waals surface area contributed by atoms with Gasteiger partial charge in [-0.25, -0.2) is 8.42 Å². The zero-order chi connectivity index (χ0) is 22.5. The van der Waals surface area contributed by atoms with E-state index in [1.54, 1.807) is 4.68 Å². The summed E-state index contributed by atoms with van der Waals surface area (Å²) < 4.78 is 34.1. The number of aromatic nitrogens is 2. The lowest BCUT2D eigenvalue weighted by molar-refractivity contribution is -0.117. The Hall–Kier alpha value is -2.87. The molecule has 2 aliphatic rings. The first kappa shape index (κ1) is 21.0. The van der Waals surface area contributed by atoms with Crippen molar-refractivity contribution in [3.63, 3.8) is 0 Å². The van der Waals surface area contributed by atoms with Gasteiger partial charge >= 0.3 is 0 Å². The maximum atomic E-state index is 12.2. The van der Waals surface area contributed by atoms with E-state index in [9.17, 15) is 13.2 Å². The number of rotatable bonds is 5. The van der Waals surface area contributed by atoms with Gasteiger partial charge in [-0.2, -0.15) is 5.10 Å². The zero-order valence-corrected chi connectivity index (χ0v) is 19.1. The molecule has 8 heteroatoms. The van der Waals surface area contributed by atoms with E-state index in [0.29, 0.717) is 37.3 Å². The number of carbonyl (C=O) groups excluding carboxylic acids is 1. The molecule has 1 saturated heterocycles. The number of carbonyl (C=O) groups is 1. The van der Waals surface area contributed by atoms with Crippen molar-refractivity contribution in [2.75, 3.05) is 16.6 Å². The van der Waals surface area contributed by atoms with Crippen LogP contribution in [-0.2, 0) is 21.9 Å². The molecule has 0 bridgehead atoms. The summed E-state index contributed by atoms with van der Waals surface area (Å²) in [6, 6.07) is 11.6. The molecule has 7 nitrogen and oxygen atoms in total. The fraction of sp³-hybridized carbons (Fsp3) is 0.417. The summed E-state index contributed by atoms with van der Waals surface area (Å²) in [5, 5.41) is 5.51. The number of ketones is 1. The van der Waals surface area contributed by atoms with Crippen molar-refractivity contribution >= 4 is 32.4 Å². The molecule has 1 aromatic heterocycles.